The molecule has 96 valence electrons. The van der Waals surface area contributed by atoms with Crippen molar-refractivity contribution in [1.82, 2.24) is 0 Å². The molecule has 1 aromatic carbocycles. The number of hydrogen-bond donors (Lipinski definition) is 1. The number of benzene rings is 1. The van der Waals surface area contributed by atoms with Crippen LogP contribution in [0.1, 0.15) is 13.8 Å². The number of anilines is 1. The van der Waals surface area contributed by atoms with E-state index in [0.29, 0.717) is 13.2 Å². The van der Waals surface area contributed by atoms with Crippen molar-refractivity contribution >= 4 is 17.3 Å². The fourth-order valence-electron chi connectivity index (χ4n) is 1.36. The molecule has 0 spiro atoms. The highest BCUT2D eigenvalue weighted by molar-refractivity contribution is 6.30. The summed E-state index contributed by atoms with van der Waals surface area (Å²) in [5.41, 5.74) is 1.05. The van der Waals surface area contributed by atoms with Gasteiger partial charge in [0.2, 0.25) is 0 Å². The van der Waals surface area contributed by atoms with Gasteiger partial charge in [-0.05, 0) is 38.1 Å². The minimum atomic E-state index is 0.141. The molecule has 0 saturated carbocycles. The fraction of sp³-hybridized carbons (Fsp3) is 0.538. The average Bonchev–Trinajstić information content (AvgIpc) is 2.34. The van der Waals surface area contributed by atoms with Crippen LogP contribution in [-0.4, -0.2) is 32.5 Å². The third-order valence-corrected chi connectivity index (χ3v) is 2.49. The topological polar surface area (TPSA) is 30.5 Å². The smallest absolute Gasteiger partial charge is 0.0781 e. The average molecular weight is 258 g/mol. The third-order valence-electron chi connectivity index (χ3n) is 2.23. The van der Waals surface area contributed by atoms with Gasteiger partial charge >= 0.3 is 0 Å². The Morgan fingerprint density at radius 3 is 2.65 bits per heavy atom. The predicted molar refractivity (Wildman–Crippen MR) is 71.8 cm³/mol. The van der Waals surface area contributed by atoms with Crippen LogP contribution in [0, 0.1) is 0 Å². The van der Waals surface area contributed by atoms with Gasteiger partial charge in [0.1, 0.15) is 0 Å². The van der Waals surface area contributed by atoms with Crippen LogP contribution in [0.5, 0.6) is 0 Å². The van der Waals surface area contributed by atoms with Gasteiger partial charge in [0.05, 0.1) is 19.3 Å². The molecule has 0 radical (unpaired) electrons. The minimum absolute atomic E-state index is 0.141. The summed E-state index contributed by atoms with van der Waals surface area (Å²) >= 11 is 5.80. The van der Waals surface area contributed by atoms with Gasteiger partial charge in [0.25, 0.3) is 0 Å². The summed E-state index contributed by atoms with van der Waals surface area (Å²) in [4.78, 5) is 0. The first-order chi connectivity index (χ1) is 8.22. The summed E-state index contributed by atoms with van der Waals surface area (Å²) in [5.74, 6) is 0. The molecule has 0 saturated heterocycles. The number of rotatable bonds is 8. The summed E-state index contributed by atoms with van der Waals surface area (Å²) in [6.07, 6.45) is 0.141. The molecule has 0 heterocycles. The van der Waals surface area contributed by atoms with E-state index in [4.69, 9.17) is 21.1 Å². The lowest BCUT2D eigenvalue weighted by Gasteiger charge is -2.13. The lowest BCUT2D eigenvalue weighted by molar-refractivity contribution is 0.000871. The van der Waals surface area contributed by atoms with Crippen LogP contribution < -0.4 is 5.32 Å². The Bertz CT molecular complexity index is 303. The quantitative estimate of drug-likeness (QED) is 0.726. The molecule has 3 nitrogen and oxygen atoms in total. The Hall–Kier alpha value is -0.770. The lowest BCUT2D eigenvalue weighted by atomic mass is 10.3. The number of ether oxygens (including phenoxy) is 2. The maximum atomic E-state index is 5.80. The second-order valence-corrected chi connectivity index (χ2v) is 4.21. The summed E-state index contributed by atoms with van der Waals surface area (Å²) in [7, 11) is 0. The van der Waals surface area contributed by atoms with Crippen molar-refractivity contribution in [2.24, 2.45) is 0 Å². The highest BCUT2D eigenvalue weighted by atomic mass is 35.5. The zero-order valence-electron chi connectivity index (χ0n) is 10.4. The Labute approximate surface area is 108 Å². The van der Waals surface area contributed by atoms with Gasteiger partial charge in [-0.15, -0.1) is 0 Å². The second kappa shape index (κ2) is 8.34. The molecule has 0 bridgehead atoms. The minimum Gasteiger partial charge on any atom is -0.383 e. The zero-order valence-corrected chi connectivity index (χ0v) is 11.2. The van der Waals surface area contributed by atoms with E-state index in [1.165, 1.54) is 0 Å². The van der Waals surface area contributed by atoms with Crippen molar-refractivity contribution in [1.29, 1.82) is 0 Å². The maximum Gasteiger partial charge on any atom is 0.0781 e. The maximum absolute atomic E-state index is 5.80. The van der Waals surface area contributed by atoms with E-state index >= 15 is 0 Å². The summed E-state index contributed by atoms with van der Waals surface area (Å²) in [5, 5.41) is 4.01. The van der Waals surface area contributed by atoms with Crippen molar-refractivity contribution in [3.05, 3.63) is 29.3 Å². The monoisotopic (exact) mass is 257 g/mol. The molecule has 1 unspecified atom stereocenters. The Balaban J connectivity index is 2.09. The number of nitrogens with one attached hydrogen (secondary N) is 1. The molecule has 0 aliphatic carbocycles. The number of halogens is 1. The summed E-state index contributed by atoms with van der Waals surface area (Å²) in [6.45, 7) is 6.82. The van der Waals surface area contributed by atoms with Gasteiger partial charge in [-0.2, -0.15) is 0 Å². The van der Waals surface area contributed by atoms with Crippen molar-refractivity contribution in [3.8, 4) is 0 Å². The van der Waals surface area contributed by atoms with Crippen LogP contribution in [0.4, 0.5) is 5.69 Å². The standard InChI is InChI=1S/C13H20ClNO2/c1-3-16-10-11(2)17-9-8-15-13-6-4-12(14)5-7-13/h4-7,11,15H,3,8-10H2,1-2H3. The van der Waals surface area contributed by atoms with Gasteiger partial charge in [-0.1, -0.05) is 11.6 Å². The third kappa shape index (κ3) is 6.51. The van der Waals surface area contributed by atoms with E-state index in [0.717, 1.165) is 23.9 Å². The number of hydrogen-bond acceptors (Lipinski definition) is 3. The second-order valence-electron chi connectivity index (χ2n) is 3.77. The molecule has 1 aromatic rings. The van der Waals surface area contributed by atoms with Gasteiger partial charge in [0.15, 0.2) is 0 Å². The molecule has 1 atom stereocenters. The molecule has 17 heavy (non-hydrogen) atoms. The highest BCUT2D eigenvalue weighted by Crippen LogP contribution is 2.12. The van der Waals surface area contributed by atoms with Gasteiger partial charge in [-0.25, -0.2) is 0 Å². The molecule has 1 rings (SSSR count). The van der Waals surface area contributed by atoms with Gasteiger partial charge < -0.3 is 14.8 Å². The first-order valence-corrected chi connectivity index (χ1v) is 6.29. The Morgan fingerprint density at radius 2 is 2.00 bits per heavy atom. The van der Waals surface area contributed by atoms with Crippen LogP contribution in [-0.2, 0) is 9.47 Å². The molecule has 0 aromatic heterocycles. The Morgan fingerprint density at radius 1 is 1.29 bits per heavy atom. The van der Waals surface area contributed by atoms with Crippen molar-refractivity contribution in [2.45, 2.75) is 20.0 Å². The molecule has 0 aliphatic rings. The molecule has 4 heteroatoms. The molecule has 0 aliphatic heterocycles. The lowest BCUT2D eigenvalue weighted by Crippen LogP contribution is -2.20. The summed E-state index contributed by atoms with van der Waals surface area (Å²) < 4.78 is 10.8. The normalized spacial score (nSPS) is 12.4. The van der Waals surface area contributed by atoms with E-state index in [9.17, 15) is 0 Å². The Kier molecular flexibility index (Phi) is 7.01. The summed E-state index contributed by atoms with van der Waals surface area (Å²) in [6, 6.07) is 7.63. The molecule has 0 amide bonds. The molecule has 0 fully saturated rings. The first kappa shape index (κ1) is 14.3. The SMILES string of the molecule is CCOCC(C)OCCNc1ccc(Cl)cc1. The molecule has 1 N–H and O–H groups in total. The van der Waals surface area contributed by atoms with Crippen molar-refractivity contribution < 1.29 is 9.47 Å². The predicted octanol–water partition coefficient (Wildman–Crippen LogP) is 3.19. The first-order valence-electron chi connectivity index (χ1n) is 5.91. The largest absolute Gasteiger partial charge is 0.383 e. The van der Waals surface area contributed by atoms with E-state index in [1.54, 1.807) is 0 Å². The fourth-order valence-corrected chi connectivity index (χ4v) is 1.48. The van der Waals surface area contributed by atoms with Crippen LogP contribution in [0.25, 0.3) is 0 Å². The van der Waals surface area contributed by atoms with E-state index < -0.39 is 0 Å². The van der Waals surface area contributed by atoms with Crippen molar-refractivity contribution in [2.75, 3.05) is 31.7 Å². The van der Waals surface area contributed by atoms with Gasteiger partial charge in [0, 0.05) is 23.9 Å². The molecular weight excluding hydrogens is 238 g/mol. The zero-order chi connectivity index (χ0) is 12.5. The van der Waals surface area contributed by atoms with E-state index in [1.807, 2.05) is 38.1 Å². The van der Waals surface area contributed by atoms with Gasteiger partial charge in [-0.3, -0.25) is 0 Å². The molecular formula is C13H20ClNO2. The van der Waals surface area contributed by atoms with Crippen LogP contribution in [0.2, 0.25) is 5.02 Å². The highest BCUT2D eigenvalue weighted by Gasteiger charge is 2.00. The van der Waals surface area contributed by atoms with Crippen LogP contribution in [0.3, 0.4) is 0 Å². The van der Waals surface area contributed by atoms with E-state index in [-0.39, 0.29) is 6.10 Å². The van der Waals surface area contributed by atoms with E-state index in [2.05, 4.69) is 5.32 Å². The van der Waals surface area contributed by atoms with Crippen LogP contribution in [0.15, 0.2) is 24.3 Å². The van der Waals surface area contributed by atoms with Crippen molar-refractivity contribution in [3.63, 3.8) is 0 Å². The van der Waals surface area contributed by atoms with Crippen LogP contribution >= 0.6 is 11.6 Å².